The quantitative estimate of drug-likeness (QED) is 0.176. The first-order valence-electron chi connectivity index (χ1n) is 19.3. The number of nitrogens with zero attached hydrogens (tertiary/aromatic N) is 4. The summed E-state index contributed by atoms with van der Waals surface area (Å²) in [5.74, 6) is 3.50. The van der Waals surface area contributed by atoms with E-state index in [1.807, 2.05) is 72.8 Å². The molecule has 1 aromatic heterocycles. The molecule has 5 nitrogen and oxygen atoms in total. The number of fused-ring (bicyclic) bond motifs is 9. The zero-order valence-electron chi connectivity index (χ0n) is 31.2. The van der Waals surface area contributed by atoms with Crippen LogP contribution in [0.15, 0.2) is 194 Å². The summed E-state index contributed by atoms with van der Waals surface area (Å²) in [4.78, 5) is 15.3. The van der Waals surface area contributed by atoms with Gasteiger partial charge in [-0.25, -0.2) is 15.0 Å². The SMILES string of the molecule is N#Cc1ccc(-c2ccc3c(c2)-c2cc(-c4nc(-c5ccccc5)nc(-c5ccc(-c6ccccc6)cc5)n4)ccc2C32c3ccccc3Oc3ccccc32)cc1. The molecule has 5 heteroatoms. The largest absolute Gasteiger partial charge is 0.457 e. The van der Waals surface area contributed by atoms with E-state index in [9.17, 15) is 5.26 Å². The summed E-state index contributed by atoms with van der Waals surface area (Å²) in [6.45, 7) is 0. The van der Waals surface area contributed by atoms with Gasteiger partial charge in [-0.3, -0.25) is 0 Å². The van der Waals surface area contributed by atoms with Crippen molar-refractivity contribution in [3.63, 3.8) is 0 Å². The Morgan fingerprint density at radius 3 is 1.34 bits per heavy atom. The van der Waals surface area contributed by atoms with Crippen LogP contribution in [0.5, 0.6) is 11.5 Å². The van der Waals surface area contributed by atoms with Crippen LogP contribution in [0.3, 0.4) is 0 Å². The lowest BCUT2D eigenvalue weighted by molar-refractivity contribution is 0.436. The molecule has 1 aliphatic heterocycles. The summed E-state index contributed by atoms with van der Waals surface area (Å²) >= 11 is 0. The summed E-state index contributed by atoms with van der Waals surface area (Å²) < 4.78 is 6.59. The first-order chi connectivity index (χ1) is 28.7. The van der Waals surface area contributed by atoms with Gasteiger partial charge >= 0.3 is 0 Å². The first kappa shape index (κ1) is 33.4. The van der Waals surface area contributed by atoms with Crippen LogP contribution in [0.1, 0.15) is 27.8 Å². The molecule has 0 saturated carbocycles. The number of benzene rings is 8. The third kappa shape index (κ3) is 5.27. The van der Waals surface area contributed by atoms with Crippen molar-refractivity contribution in [3.05, 3.63) is 222 Å². The van der Waals surface area contributed by atoms with Crippen LogP contribution in [0.25, 0.3) is 67.5 Å². The average Bonchev–Trinajstić information content (AvgIpc) is 3.59. The van der Waals surface area contributed by atoms with Crippen LogP contribution in [0.4, 0.5) is 0 Å². The Balaban J connectivity index is 1.13. The fourth-order valence-corrected chi connectivity index (χ4v) is 8.76. The molecule has 9 aromatic rings. The van der Waals surface area contributed by atoms with E-state index in [2.05, 4.69) is 127 Å². The highest BCUT2D eigenvalue weighted by Crippen LogP contribution is 2.62. The van der Waals surface area contributed by atoms with Crippen LogP contribution >= 0.6 is 0 Å². The second-order valence-electron chi connectivity index (χ2n) is 14.7. The molecule has 0 fully saturated rings. The second-order valence-corrected chi connectivity index (χ2v) is 14.7. The minimum absolute atomic E-state index is 0.595. The zero-order chi connectivity index (χ0) is 38.6. The Morgan fingerprint density at radius 1 is 0.362 bits per heavy atom. The maximum atomic E-state index is 9.50. The van der Waals surface area contributed by atoms with Crippen molar-refractivity contribution in [1.29, 1.82) is 5.26 Å². The Hall–Kier alpha value is -7.94. The van der Waals surface area contributed by atoms with Gasteiger partial charge in [0.05, 0.1) is 17.0 Å². The van der Waals surface area contributed by atoms with Gasteiger partial charge < -0.3 is 4.74 Å². The molecule has 0 amide bonds. The smallest absolute Gasteiger partial charge is 0.164 e. The van der Waals surface area contributed by atoms with Crippen molar-refractivity contribution in [1.82, 2.24) is 15.0 Å². The lowest BCUT2D eigenvalue weighted by Gasteiger charge is -2.39. The van der Waals surface area contributed by atoms with E-state index in [0.29, 0.717) is 23.0 Å². The molecular weight excluding hydrogens is 709 g/mol. The molecule has 0 radical (unpaired) electrons. The number of rotatable bonds is 5. The molecular formula is C53H32N4O. The average molecular weight is 741 g/mol. The molecule has 0 atom stereocenters. The maximum absolute atomic E-state index is 9.50. The number of para-hydroxylation sites is 2. The van der Waals surface area contributed by atoms with Gasteiger partial charge in [0.15, 0.2) is 17.5 Å². The Labute approximate surface area is 336 Å². The summed E-state index contributed by atoms with van der Waals surface area (Å²) in [7, 11) is 0. The Bertz CT molecular complexity index is 3030. The Kier molecular flexibility index (Phi) is 7.70. The monoisotopic (exact) mass is 740 g/mol. The number of hydrogen-bond donors (Lipinski definition) is 0. The normalized spacial score (nSPS) is 12.7. The van der Waals surface area contributed by atoms with Gasteiger partial charge in [0, 0.05) is 27.8 Å². The lowest BCUT2D eigenvalue weighted by Crippen LogP contribution is -2.32. The van der Waals surface area contributed by atoms with Crippen LogP contribution in [-0.4, -0.2) is 15.0 Å². The molecule has 0 saturated heterocycles. The van der Waals surface area contributed by atoms with Gasteiger partial charge in [-0.1, -0.05) is 158 Å². The van der Waals surface area contributed by atoms with E-state index >= 15 is 0 Å². The van der Waals surface area contributed by atoms with Crippen molar-refractivity contribution in [2.45, 2.75) is 5.41 Å². The second kappa shape index (κ2) is 13.4. The van der Waals surface area contributed by atoms with Crippen molar-refractivity contribution < 1.29 is 4.74 Å². The third-order valence-corrected chi connectivity index (χ3v) is 11.5. The number of ether oxygens (including phenoxy) is 1. The number of hydrogen-bond acceptors (Lipinski definition) is 5. The van der Waals surface area contributed by atoms with Crippen LogP contribution < -0.4 is 4.74 Å². The molecule has 11 rings (SSSR count). The minimum atomic E-state index is -0.627. The van der Waals surface area contributed by atoms with E-state index in [1.165, 1.54) is 11.1 Å². The van der Waals surface area contributed by atoms with Gasteiger partial charge in [-0.05, 0) is 80.9 Å². The van der Waals surface area contributed by atoms with Gasteiger partial charge in [0.25, 0.3) is 0 Å². The fraction of sp³-hybridized carbons (Fsp3) is 0.0189. The predicted molar refractivity (Wildman–Crippen MR) is 229 cm³/mol. The van der Waals surface area contributed by atoms with Crippen molar-refractivity contribution >= 4 is 0 Å². The van der Waals surface area contributed by atoms with Crippen molar-refractivity contribution in [2.24, 2.45) is 0 Å². The van der Waals surface area contributed by atoms with Crippen LogP contribution in [0, 0.1) is 11.3 Å². The zero-order valence-corrected chi connectivity index (χ0v) is 31.2. The highest BCUT2D eigenvalue weighted by atomic mass is 16.5. The molecule has 0 N–H and O–H groups in total. The molecule has 0 unspecified atom stereocenters. The molecule has 1 spiro atoms. The third-order valence-electron chi connectivity index (χ3n) is 11.5. The van der Waals surface area contributed by atoms with Crippen molar-refractivity contribution in [2.75, 3.05) is 0 Å². The topological polar surface area (TPSA) is 71.7 Å². The highest BCUT2D eigenvalue weighted by molar-refractivity contribution is 5.92. The summed E-state index contributed by atoms with van der Waals surface area (Å²) in [6, 6.07) is 69.1. The highest BCUT2D eigenvalue weighted by Gasteiger charge is 2.51. The van der Waals surface area contributed by atoms with E-state index in [1.54, 1.807) is 0 Å². The van der Waals surface area contributed by atoms with Crippen LogP contribution in [-0.2, 0) is 5.41 Å². The Morgan fingerprint density at radius 2 is 0.759 bits per heavy atom. The molecule has 58 heavy (non-hydrogen) atoms. The van der Waals surface area contributed by atoms with Gasteiger partial charge in [0.2, 0.25) is 0 Å². The van der Waals surface area contributed by atoms with E-state index in [-0.39, 0.29) is 0 Å². The molecule has 0 bridgehead atoms. The van der Waals surface area contributed by atoms with E-state index in [0.717, 1.165) is 72.7 Å². The molecule has 2 heterocycles. The molecule has 1 aliphatic carbocycles. The fourth-order valence-electron chi connectivity index (χ4n) is 8.76. The summed E-state index contributed by atoms with van der Waals surface area (Å²) in [5, 5.41) is 9.50. The first-order valence-corrected chi connectivity index (χ1v) is 19.3. The molecule has 8 aromatic carbocycles. The standard InChI is InChI=1S/C53H32N4O/c54-33-34-19-21-37(22-20-34)40-27-29-44-42(31-40)43-32-41(28-30-45(43)53(44)46-15-7-9-17-48(46)58-49-18-10-8-16-47(49)53)52-56-50(38-13-5-2-6-14-38)55-51(57-52)39-25-23-36(24-26-39)35-11-3-1-4-12-35/h1-32H. The van der Waals surface area contributed by atoms with E-state index < -0.39 is 5.41 Å². The van der Waals surface area contributed by atoms with E-state index in [4.69, 9.17) is 19.7 Å². The number of nitriles is 1. The van der Waals surface area contributed by atoms with Gasteiger partial charge in [-0.15, -0.1) is 0 Å². The molecule has 2 aliphatic rings. The minimum Gasteiger partial charge on any atom is -0.457 e. The van der Waals surface area contributed by atoms with Gasteiger partial charge in [-0.2, -0.15) is 5.26 Å². The van der Waals surface area contributed by atoms with Gasteiger partial charge in [0.1, 0.15) is 11.5 Å². The molecule has 270 valence electrons. The predicted octanol–water partition coefficient (Wildman–Crippen LogP) is 12.5. The number of aromatic nitrogens is 3. The van der Waals surface area contributed by atoms with Crippen LogP contribution in [0.2, 0.25) is 0 Å². The lowest BCUT2D eigenvalue weighted by atomic mass is 9.66. The summed E-state index contributed by atoms with van der Waals surface area (Å²) in [5.41, 5.74) is 13.9. The van der Waals surface area contributed by atoms with Crippen molar-refractivity contribution in [3.8, 4) is 85.1 Å². The maximum Gasteiger partial charge on any atom is 0.164 e. The summed E-state index contributed by atoms with van der Waals surface area (Å²) in [6.07, 6.45) is 0.